The number of aryl methyl sites for hydroxylation is 1. The molecule has 0 radical (unpaired) electrons. The third-order valence-electron chi connectivity index (χ3n) is 2.23. The minimum atomic E-state index is 0.0375. The number of rotatable bonds is 1. The summed E-state index contributed by atoms with van der Waals surface area (Å²) in [7, 11) is 0. The van der Waals surface area contributed by atoms with Gasteiger partial charge in [-0.15, -0.1) is 0 Å². The van der Waals surface area contributed by atoms with Crippen molar-refractivity contribution < 1.29 is 0 Å². The van der Waals surface area contributed by atoms with Gasteiger partial charge in [-0.3, -0.25) is 4.79 Å². The molecule has 72 valence electrons. The highest BCUT2D eigenvalue weighted by molar-refractivity contribution is 5.24. The molecular formula is C11H17NO. The first kappa shape index (κ1) is 10.0. The minimum absolute atomic E-state index is 0.0375. The lowest BCUT2D eigenvalue weighted by atomic mass is 9.87. The molecule has 0 aliphatic rings. The first-order valence-corrected chi connectivity index (χ1v) is 4.67. The van der Waals surface area contributed by atoms with Gasteiger partial charge >= 0.3 is 0 Å². The molecule has 1 aromatic rings. The Labute approximate surface area is 79.0 Å². The molecule has 0 fully saturated rings. The van der Waals surface area contributed by atoms with Crippen molar-refractivity contribution in [3.63, 3.8) is 0 Å². The molecule has 1 heterocycles. The van der Waals surface area contributed by atoms with E-state index < -0.39 is 0 Å². The molecule has 13 heavy (non-hydrogen) atoms. The quantitative estimate of drug-likeness (QED) is 0.704. The van der Waals surface area contributed by atoms with Crippen molar-refractivity contribution in [1.29, 1.82) is 0 Å². The predicted octanol–water partition coefficient (Wildman–Crippen LogP) is 2.23. The maximum atomic E-state index is 11.3. The van der Waals surface area contributed by atoms with Crippen LogP contribution in [0.5, 0.6) is 0 Å². The fraction of sp³-hybridized carbons (Fsp3) is 0.545. The van der Waals surface area contributed by atoms with Crippen LogP contribution in [0.1, 0.15) is 38.8 Å². The number of aromatic nitrogens is 1. The Morgan fingerprint density at radius 3 is 2.46 bits per heavy atom. The van der Waals surface area contributed by atoms with Crippen LogP contribution in [-0.4, -0.2) is 4.98 Å². The molecule has 0 saturated carbocycles. The Morgan fingerprint density at radius 2 is 2.00 bits per heavy atom. The van der Waals surface area contributed by atoms with Crippen LogP contribution in [0.3, 0.4) is 0 Å². The number of hydrogen-bond donors (Lipinski definition) is 1. The van der Waals surface area contributed by atoms with Crippen molar-refractivity contribution in [1.82, 2.24) is 4.98 Å². The van der Waals surface area contributed by atoms with Gasteiger partial charge < -0.3 is 4.98 Å². The molecule has 1 N–H and O–H groups in total. The largest absolute Gasteiger partial charge is 0.329 e. The molecule has 0 spiro atoms. The summed E-state index contributed by atoms with van der Waals surface area (Å²) in [4.78, 5) is 14.0. The second-order valence-electron chi connectivity index (χ2n) is 4.35. The third kappa shape index (κ3) is 2.20. The topological polar surface area (TPSA) is 32.9 Å². The number of hydrogen-bond acceptors (Lipinski definition) is 1. The highest BCUT2D eigenvalue weighted by atomic mass is 16.1. The predicted molar refractivity (Wildman–Crippen MR) is 55.1 cm³/mol. The summed E-state index contributed by atoms with van der Waals surface area (Å²) in [5.41, 5.74) is 2.19. The van der Waals surface area contributed by atoms with Crippen molar-refractivity contribution in [3.8, 4) is 0 Å². The van der Waals surface area contributed by atoms with E-state index in [0.29, 0.717) is 0 Å². The Balaban J connectivity index is 3.22. The summed E-state index contributed by atoms with van der Waals surface area (Å²) < 4.78 is 0. The number of pyridine rings is 1. The van der Waals surface area contributed by atoms with E-state index in [4.69, 9.17) is 0 Å². The molecule has 0 aliphatic carbocycles. The third-order valence-corrected chi connectivity index (χ3v) is 2.23. The van der Waals surface area contributed by atoms with E-state index in [9.17, 15) is 4.79 Å². The zero-order valence-corrected chi connectivity index (χ0v) is 8.77. The second-order valence-corrected chi connectivity index (χ2v) is 4.35. The highest BCUT2D eigenvalue weighted by Gasteiger charge is 2.14. The van der Waals surface area contributed by atoms with E-state index in [1.54, 1.807) is 0 Å². The van der Waals surface area contributed by atoms with Gasteiger partial charge in [0, 0.05) is 11.8 Å². The van der Waals surface area contributed by atoms with Crippen molar-refractivity contribution in [2.45, 2.75) is 39.5 Å². The summed E-state index contributed by atoms with van der Waals surface area (Å²) in [5, 5.41) is 0. The Bertz CT molecular complexity index is 344. The van der Waals surface area contributed by atoms with Crippen molar-refractivity contribution in [2.24, 2.45) is 0 Å². The number of nitrogens with one attached hydrogen (secondary N) is 1. The fourth-order valence-electron chi connectivity index (χ4n) is 1.23. The summed E-state index contributed by atoms with van der Waals surface area (Å²) in [6.45, 7) is 8.41. The highest BCUT2D eigenvalue weighted by Crippen LogP contribution is 2.20. The molecule has 0 bridgehead atoms. The average Bonchev–Trinajstić information content (AvgIpc) is 2.03. The first-order valence-electron chi connectivity index (χ1n) is 4.67. The zero-order valence-electron chi connectivity index (χ0n) is 8.77. The molecule has 0 amide bonds. The molecule has 0 atom stereocenters. The summed E-state index contributed by atoms with van der Waals surface area (Å²) >= 11 is 0. The van der Waals surface area contributed by atoms with Crippen molar-refractivity contribution >= 4 is 0 Å². The molecule has 0 aliphatic heterocycles. The van der Waals surface area contributed by atoms with Crippen molar-refractivity contribution in [2.75, 3.05) is 0 Å². The molecule has 0 aromatic carbocycles. The number of H-pyrrole nitrogens is 1. The summed E-state index contributed by atoms with van der Waals surface area (Å²) in [6.07, 6.45) is 2.60. The normalized spacial score (nSPS) is 11.7. The lowest BCUT2D eigenvalue weighted by Crippen LogP contribution is -2.18. The molecule has 0 saturated heterocycles. The van der Waals surface area contributed by atoms with Gasteiger partial charge in [-0.25, -0.2) is 0 Å². The van der Waals surface area contributed by atoms with Crippen LogP contribution in [-0.2, 0) is 11.8 Å². The summed E-state index contributed by atoms with van der Waals surface area (Å²) in [6, 6.07) is 2.00. The standard InChI is InChI=1S/C11H17NO/c1-5-8-6-9(11(2,3)4)7-12-10(8)13/h6-7H,5H2,1-4H3,(H,12,13). The van der Waals surface area contributed by atoms with Crippen LogP contribution in [0.4, 0.5) is 0 Å². The molecule has 2 nitrogen and oxygen atoms in total. The molecule has 1 rings (SSSR count). The molecular weight excluding hydrogens is 162 g/mol. The van der Waals surface area contributed by atoms with E-state index in [0.717, 1.165) is 12.0 Å². The zero-order chi connectivity index (χ0) is 10.1. The van der Waals surface area contributed by atoms with Gasteiger partial charge in [-0.1, -0.05) is 27.7 Å². The second kappa shape index (κ2) is 3.36. The van der Waals surface area contributed by atoms with Crippen LogP contribution in [0.25, 0.3) is 0 Å². The van der Waals surface area contributed by atoms with E-state index in [1.807, 2.05) is 19.2 Å². The fourth-order valence-corrected chi connectivity index (χ4v) is 1.23. The molecule has 0 unspecified atom stereocenters. The van der Waals surface area contributed by atoms with Crippen LogP contribution in [0, 0.1) is 0 Å². The Hall–Kier alpha value is -1.05. The Morgan fingerprint density at radius 1 is 1.38 bits per heavy atom. The van der Waals surface area contributed by atoms with E-state index in [-0.39, 0.29) is 11.0 Å². The van der Waals surface area contributed by atoms with Crippen LogP contribution >= 0.6 is 0 Å². The van der Waals surface area contributed by atoms with Crippen LogP contribution in [0.15, 0.2) is 17.1 Å². The van der Waals surface area contributed by atoms with Gasteiger partial charge in [0.1, 0.15) is 0 Å². The van der Waals surface area contributed by atoms with E-state index in [2.05, 4.69) is 25.8 Å². The lowest BCUT2D eigenvalue weighted by molar-refractivity contribution is 0.585. The van der Waals surface area contributed by atoms with Crippen molar-refractivity contribution in [3.05, 3.63) is 33.7 Å². The van der Waals surface area contributed by atoms with Gasteiger partial charge in [0.25, 0.3) is 5.56 Å². The number of aromatic amines is 1. The monoisotopic (exact) mass is 179 g/mol. The van der Waals surface area contributed by atoms with Gasteiger partial charge in [-0.05, 0) is 23.5 Å². The van der Waals surface area contributed by atoms with Gasteiger partial charge in [0.15, 0.2) is 0 Å². The van der Waals surface area contributed by atoms with Crippen LogP contribution < -0.4 is 5.56 Å². The Kier molecular flexibility index (Phi) is 2.60. The SMILES string of the molecule is CCc1cc(C(C)(C)C)c[nH]c1=O. The van der Waals surface area contributed by atoms with E-state index in [1.165, 1.54) is 5.56 Å². The average molecular weight is 179 g/mol. The minimum Gasteiger partial charge on any atom is -0.329 e. The first-order chi connectivity index (χ1) is 5.95. The lowest BCUT2D eigenvalue weighted by Gasteiger charge is -2.18. The smallest absolute Gasteiger partial charge is 0.251 e. The molecule has 1 aromatic heterocycles. The maximum absolute atomic E-state index is 11.3. The van der Waals surface area contributed by atoms with Gasteiger partial charge in [0.05, 0.1) is 0 Å². The van der Waals surface area contributed by atoms with Gasteiger partial charge in [-0.2, -0.15) is 0 Å². The summed E-state index contributed by atoms with van der Waals surface area (Å²) in [5.74, 6) is 0. The van der Waals surface area contributed by atoms with Crippen LogP contribution in [0.2, 0.25) is 0 Å². The molecule has 2 heteroatoms. The van der Waals surface area contributed by atoms with Gasteiger partial charge in [0.2, 0.25) is 0 Å². The van der Waals surface area contributed by atoms with E-state index >= 15 is 0 Å². The maximum Gasteiger partial charge on any atom is 0.251 e.